The lowest BCUT2D eigenvalue weighted by Crippen LogP contribution is -2.26. The SMILES string of the molecule is CO[C@@H]1CC(O)O[C@@H]1COP. The van der Waals surface area contributed by atoms with E-state index in [2.05, 4.69) is 9.47 Å². The van der Waals surface area contributed by atoms with Crippen LogP contribution in [0, 0.1) is 0 Å². The van der Waals surface area contributed by atoms with E-state index in [-0.39, 0.29) is 12.2 Å². The van der Waals surface area contributed by atoms with E-state index in [1.807, 2.05) is 0 Å². The molecule has 0 aromatic heterocycles. The van der Waals surface area contributed by atoms with Crippen molar-refractivity contribution in [3.05, 3.63) is 0 Å². The lowest BCUT2D eigenvalue weighted by atomic mass is 10.2. The van der Waals surface area contributed by atoms with Gasteiger partial charge in [0.25, 0.3) is 0 Å². The Bertz CT molecular complexity index is 121. The number of ether oxygens (including phenoxy) is 2. The van der Waals surface area contributed by atoms with Gasteiger partial charge in [0.05, 0.1) is 12.7 Å². The summed E-state index contributed by atoms with van der Waals surface area (Å²) >= 11 is 0. The van der Waals surface area contributed by atoms with Crippen LogP contribution in [0.4, 0.5) is 0 Å². The van der Waals surface area contributed by atoms with E-state index in [0.29, 0.717) is 13.0 Å². The van der Waals surface area contributed by atoms with E-state index < -0.39 is 6.29 Å². The zero-order valence-electron chi connectivity index (χ0n) is 6.40. The van der Waals surface area contributed by atoms with Gasteiger partial charge in [0.1, 0.15) is 6.10 Å². The highest BCUT2D eigenvalue weighted by Crippen LogP contribution is 2.21. The quantitative estimate of drug-likeness (QED) is 0.617. The second kappa shape index (κ2) is 4.33. The Labute approximate surface area is 68.1 Å². The monoisotopic (exact) mass is 180 g/mol. The summed E-state index contributed by atoms with van der Waals surface area (Å²) in [5.41, 5.74) is 0. The maximum Gasteiger partial charge on any atom is 0.157 e. The van der Waals surface area contributed by atoms with Crippen molar-refractivity contribution in [3.63, 3.8) is 0 Å². The van der Waals surface area contributed by atoms with Crippen molar-refractivity contribution in [1.29, 1.82) is 0 Å². The van der Waals surface area contributed by atoms with E-state index in [1.54, 1.807) is 7.11 Å². The number of methoxy groups -OCH3 is 1. The van der Waals surface area contributed by atoms with Crippen LogP contribution in [0.1, 0.15) is 6.42 Å². The van der Waals surface area contributed by atoms with E-state index in [4.69, 9.17) is 19.1 Å². The van der Waals surface area contributed by atoms with Crippen LogP contribution in [0.2, 0.25) is 0 Å². The summed E-state index contributed by atoms with van der Waals surface area (Å²) in [6, 6.07) is 0. The molecule has 4 nitrogen and oxygen atoms in total. The molecule has 0 aromatic carbocycles. The number of hydrogen-bond donors (Lipinski definition) is 1. The van der Waals surface area contributed by atoms with Crippen LogP contribution >= 0.6 is 9.47 Å². The maximum atomic E-state index is 9.06. The average molecular weight is 180 g/mol. The predicted molar refractivity (Wildman–Crippen MR) is 42.0 cm³/mol. The van der Waals surface area contributed by atoms with Crippen LogP contribution < -0.4 is 0 Å². The van der Waals surface area contributed by atoms with Gasteiger partial charge in [-0.1, -0.05) is 0 Å². The zero-order chi connectivity index (χ0) is 8.27. The maximum absolute atomic E-state index is 9.06. The summed E-state index contributed by atoms with van der Waals surface area (Å²) < 4.78 is 15.0. The molecule has 11 heavy (non-hydrogen) atoms. The number of rotatable bonds is 3. The number of hydrogen-bond acceptors (Lipinski definition) is 4. The van der Waals surface area contributed by atoms with Crippen molar-refractivity contribution in [2.24, 2.45) is 0 Å². The first kappa shape index (κ1) is 9.36. The summed E-state index contributed by atoms with van der Waals surface area (Å²) in [5, 5.41) is 9.06. The molecule has 0 bridgehead atoms. The summed E-state index contributed by atoms with van der Waals surface area (Å²) in [6.07, 6.45) is -0.377. The van der Waals surface area contributed by atoms with E-state index in [0.717, 1.165) is 0 Å². The molecule has 1 heterocycles. The minimum absolute atomic E-state index is 0.0504. The Kier molecular flexibility index (Phi) is 3.69. The molecule has 4 atom stereocenters. The van der Waals surface area contributed by atoms with Gasteiger partial charge in [0, 0.05) is 23.0 Å². The molecule has 1 fully saturated rings. The minimum Gasteiger partial charge on any atom is -0.378 e. The molecule has 2 unspecified atom stereocenters. The third kappa shape index (κ3) is 2.36. The zero-order valence-corrected chi connectivity index (χ0v) is 7.55. The minimum atomic E-state index is -0.704. The fraction of sp³-hybridized carbons (Fsp3) is 1.00. The average Bonchev–Trinajstić information content (AvgIpc) is 2.32. The Balaban J connectivity index is 2.37. The van der Waals surface area contributed by atoms with E-state index in [1.165, 1.54) is 0 Å². The second-order valence-electron chi connectivity index (χ2n) is 2.47. The van der Waals surface area contributed by atoms with Crippen molar-refractivity contribution in [1.82, 2.24) is 0 Å². The Hall–Kier alpha value is 0.270. The first-order chi connectivity index (χ1) is 5.27. The van der Waals surface area contributed by atoms with Gasteiger partial charge in [0.15, 0.2) is 6.29 Å². The predicted octanol–water partition coefficient (Wildman–Crippen LogP) is -0.0846. The lowest BCUT2D eigenvalue weighted by Gasteiger charge is -2.14. The van der Waals surface area contributed by atoms with Gasteiger partial charge in [-0.25, -0.2) is 0 Å². The molecule has 1 N–H and O–H groups in total. The molecular formula is C6H13O4P. The normalized spacial score (nSPS) is 37.9. The molecule has 1 saturated heterocycles. The molecule has 1 rings (SSSR count). The lowest BCUT2D eigenvalue weighted by molar-refractivity contribution is -0.105. The first-order valence-corrected chi connectivity index (χ1v) is 3.93. The van der Waals surface area contributed by atoms with Gasteiger partial charge in [-0.2, -0.15) is 0 Å². The van der Waals surface area contributed by atoms with Crippen molar-refractivity contribution in [2.75, 3.05) is 13.7 Å². The highest BCUT2D eigenvalue weighted by atomic mass is 31.0. The molecule has 0 aromatic rings. The molecule has 1 aliphatic rings. The summed E-state index contributed by atoms with van der Waals surface area (Å²) in [6.45, 7) is 0.431. The van der Waals surface area contributed by atoms with Crippen molar-refractivity contribution < 1.29 is 19.1 Å². The fourth-order valence-corrected chi connectivity index (χ4v) is 1.37. The van der Waals surface area contributed by atoms with Gasteiger partial charge < -0.3 is 19.1 Å². The molecule has 0 spiro atoms. The molecular weight excluding hydrogens is 167 g/mol. The number of aliphatic hydroxyl groups excluding tert-OH is 1. The Morgan fingerprint density at radius 3 is 3.00 bits per heavy atom. The molecule has 5 heteroatoms. The van der Waals surface area contributed by atoms with Crippen LogP contribution in [0.3, 0.4) is 0 Å². The third-order valence-corrected chi connectivity index (χ3v) is 1.94. The van der Waals surface area contributed by atoms with Gasteiger partial charge in [-0.05, 0) is 0 Å². The van der Waals surface area contributed by atoms with Crippen LogP contribution in [-0.4, -0.2) is 37.3 Å². The summed E-state index contributed by atoms with van der Waals surface area (Å²) in [5.74, 6) is 0. The van der Waals surface area contributed by atoms with Crippen LogP contribution in [0.5, 0.6) is 0 Å². The first-order valence-electron chi connectivity index (χ1n) is 3.46. The van der Waals surface area contributed by atoms with Crippen LogP contribution in [0.25, 0.3) is 0 Å². The van der Waals surface area contributed by atoms with Gasteiger partial charge >= 0.3 is 0 Å². The summed E-state index contributed by atoms with van der Waals surface area (Å²) in [4.78, 5) is 0. The second-order valence-corrected chi connectivity index (χ2v) is 2.81. The van der Waals surface area contributed by atoms with E-state index >= 15 is 0 Å². The third-order valence-electron chi connectivity index (χ3n) is 1.74. The number of aliphatic hydroxyl groups is 1. The molecule has 66 valence electrons. The van der Waals surface area contributed by atoms with Crippen molar-refractivity contribution >= 4 is 9.47 Å². The Morgan fingerprint density at radius 2 is 2.45 bits per heavy atom. The smallest absolute Gasteiger partial charge is 0.157 e. The van der Waals surface area contributed by atoms with Crippen LogP contribution in [0.15, 0.2) is 0 Å². The van der Waals surface area contributed by atoms with Gasteiger partial charge in [-0.3, -0.25) is 0 Å². The van der Waals surface area contributed by atoms with E-state index in [9.17, 15) is 0 Å². The van der Waals surface area contributed by atoms with Crippen molar-refractivity contribution in [2.45, 2.75) is 24.9 Å². The van der Waals surface area contributed by atoms with Gasteiger partial charge in [0.2, 0.25) is 0 Å². The highest BCUT2D eigenvalue weighted by Gasteiger charge is 2.33. The topological polar surface area (TPSA) is 47.9 Å². The Morgan fingerprint density at radius 1 is 1.73 bits per heavy atom. The standard InChI is InChI=1S/C6H13O4P/c1-8-4-2-6(7)10-5(4)3-9-11/h4-7H,2-3,11H2,1H3/t4-,5-,6?/m1/s1. The molecule has 0 aliphatic carbocycles. The fourth-order valence-electron chi connectivity index (χ4n) is 1.18. The van der Waals surface area contributed by atoms with Gasteiger partial charge in [-0.15, -0.1) is 0 Å². The molecule has 0 saturated carbocycles. The van der Waals surface area contributed by atoms with Crippen molar-refractivity contribution in [3.8, 4) is 0 Å². The summed E-state index contributed by atoms with van der Waals surface area (Å²) in [7, 11) is 3.74. The van der Waals surface area contributed by atoms with Crippen LogP contribution in [-0.2, 0) is 14.0 Å². The largest absolute Gasteiger partial charge is 0.378 e. The molecule has 1 aliphatic heterocycles. The highest BCUT2D eigenvalue weighted by molar-refractivity contribution is 7.09. The molecule has 0 radical (unpaired) electrons. The molecule has 0 amide bonds.